The lowest BCUT2D eigenvalue weighted by Crippen LogP contribution is -1.98. The molecule has 0 aliphatic carbocycles. The number of hydrogen-bond donors (Lipinski definition) is 1. The Labute approximate surface area is 143 Å². The van der Waals surface area contributed by atoms with Gasteiger partial charge >= 0.3 is 0 Å². The molecule has 9 heteroatoms. The van der Waals surface area contributed by atoms with E-state index in [-0.39, 0.29) is 0 Å². The third kappa shape index (κ3) is 3.19. The van der Waals surface area contributed by atoms with Crippen molar-refractivity contribution in [1.82, 2.24) is 14.9 Å². The number of hydrogen-bond acceptors (Lipinski definition) is 5. The van der Waals surface area contributed by atoms with Crippen molar-refractivity contribution >= 4 is 50.3 Å². The topological polar surface area (TPSA) is 64.4 Å². The van der Waals surface area contributed by atoms with Crippen LogP contribution in [0.3, 0.4) is 0 Å². The molecular weight excluding hydrogens is 424 g/mol. The molecule has 2 aromatic rings. The molecule has 0 saturated carbocycles. The first-order valence-electron chi connectivity index (χ1n) is 5.78. The van der Waals surface area contributed by atoms with Crippen molar-refractivity contribution in [2.24, 2.45) is 5.10 Å². The van der Waals surface area contributed by atoms with E-state index >= 15 is 0 Å². The fourth-order valence-corrected chi connectivity index (χ4v) is 3.58. The molecule has 21 heavy (non-hydrogen) atoms. The van der Waals surface area contributed by atoms with E-state index in [0.717, 1.165) is 10.0 Å². The smallest absolute Gasteiger partial charge is 0.216 e. The predicted molar refractivity (Wildman–Crippen MR) is 90.1 cm³/mol. The monoisotopic (exact) mass is 434 g/mol. The van der Waals surface area contributed by atoms with Gasteiger partial charge in [0.2, 0.25) is 4.77 Å². The maximum Gasteiger partial charge on any atom is 0.216 e. The zero-order valence-corrected chi connectivity index (χ0v) is 15.5. The lowest BCUT2D eigenvalue weighted by atomic mass is 10.2. The molecule has 0 radical (unpaired) electrons. The number of benzene rings is 1. The summed E-state index contributed by atoms with van der Waals surface area (Å²) < 4.78 is 14.2. The second-order valence-electron chi connectivity index (χ2n) is 3.96. The summed E-state index contributed by atoms with van der Waals surface area (Å²) >= 11 is 12.0. The number of aromatic amines is 1. The Kier molecular flexibility index (Phi) is 5.17. The summed E-state index contributed by atoms with van der Waals surface area (Å²) in [7, 11) is 3.17. The first-order chi connectivity index (χ1) is 9.99. The van der Waals surface area contributed by atoms with Gasteiger partial charge < -0.3 is 9.47 Å². The molecule has 1 aromatic heterocycles. The van der Waals surface area contributed by atoms with E-state index < -0.39 is 0 Å². The maximum atomic E-state index is 5.41. The van der Waals surface area contributed by atoms with Crippen molar-refractivity contribution < 1.29 is 9.47 Å². The van der Waals surface area contributed by atoms with Gasteiger partial charge in [-0.25, -0.2) is 0 Å². The van der Waals surface area contributed by atoms with Gasteiger partial charge in [0.05, 0.1) is 24.9 Å². The van der Waals surface area contributed by atoms with Crippen LogP contribution in [0.25, 0.3) is 0 Å². The molecule has 0 saturated heterocycles. The highest BCUT2D eigenvalue weighted by molar-refractivity contribution is 9.11. The molecular formula is C12H12Br2N4O2S. The average Bonchev–Trinajstić information content (AvgIpc) is 2.76. The van der Waals surface area contributed by atoms with Gasteiger partial charge in [0, 0.05) is 5.56 Å². The van der Waals surface area contributed by atoms with Gasteiger partial charge in [-0.1, -0.05) is 0 Å². The van der Waals surface area contributed by atoms with Crippen LogP contribution in [-0.4, -0.2) is 35.3 Å². The molecule has 0 bridgehead atoms. The van der Waals surface area contributed by atoms with Crippen LogP contribution >= 0.6 is 44.1 Å². The largest absolute Gasteiger partial charge is 0.495 e. The number of halogens is 2. The lowest BCUT2D eigenvalue weighted by molar-refractivity contribution is 0.387. The number of aromatic nitrogens is 3. The molecule has 0 spiro atoms. The van der Waals surface area contributed by atoms with Gasteiger partial charge in [0.25, 0.3) is 0 Å². The number of nitrogens with one attached hydrogen (secondary N) is 1. The van der Waals surface area contributed by atoms with Crippen LogP contribution in [0.4, 0.5) is 0 Å². The SMILES string of the molecule is COc1c(Br)cc(/C=N\n2c(C)n[nH]c2=S)c(OC)c1Br. The molecule has 0 aliphatic heterocycles. The molecule has 0 fully saturated rings. The van der Waals surface area contributed by atoms with E-state index in [4.69, 9.17) is 21.7 Å². The molecule has 6 nitrogen and oxygen atoms in total. The van der Waals surface area contributed by atoms with E-state index in [2.05, 4.69) is 47.2 Å². The summed E-state index contributed by atoms with van der Waals surface area (Å²) in [5, 5.41) is 11.0. The van der Waals surface area contributed by atoms with Gasteiger partial charge in [0.1, 0.15) is 16.0 Å². The van der Waals surface area contributed by atoms with Gasteiger partial charge in [-0.2, -0.15) is 14.9 Å². The third-order valence-electron chi connectivity index (χ3n) is 2.69. The molecule has 0 aliphatic rings. The molecule has 2 rings (SSSR count). The number of rotatable bonds is 4. The van der Waals surface area contributed by atoms with Crippen LogP contribution in [-0.2, 0) is 0 Å². The van der Waals surface area contributed by atoms with E-state index in [1.807, 2.05) is 6.07 Å². The molecule has 0 atom stereocenters. The zero-order chi connectivity index (χ0) is 15.6. The van der Waals surface area contributed by atoms with E-state index in [1.54, 1.807) is 27.4 Å². The summed E-state index contributed by atoms with van der Waals surface area (Å²) in [4.78, 5) is 0. The van der Waals surface area contributed by atoms with Crippen LogP contribution in [0.2, 0.25) is 0 Å². The van der Waals surface area contributed by atoms with Gasteiger partial charge in [-0.15, -0.1) is 0 Å². The third-order valence-corrected chi connectivity index (χ3v) is 4.27. The van der Waals surface area contributed by atoms with Crippen LogP contribution < -0.4 is 9.47 Å². The Morgan fingerprint density at radius 1 is 1.33 bits per heavy atom. The second kappa shape index (κ2) is 6.71. The molecule has 1 N–H and O–H groups in total. The zero-order valence-electron chi connectivity index (χ0n) is 11.5. The van der Waals surface area contributed by atoms with E-state index in [1.165, 1.54) is 4.68 Å². The number of nitrogens with zero attached hydrogens (tertiary/aromatic N) is 3. The number of ether oxygens (including phenoxy) is 2. The first-order valence-corrected chi connectivity index (χ1v) is 7.77. The Hall–Kier alpha value is -1.19. The molecule has 112 valence electrons. The standard InChI is InChI=1S/C12H12Br2N4O2S/c1-6-16-17-12(21)18(6)15-5-7-4-8(13)11(20-3)9(14)10(7)19-2/h4-5H,1-3H3,(H,17,21)/b15-5-. The fraction of sp³-hybridized carbons (Fsp3) is 0.250. The predicted octanol–water partition coefficient (Wildman–Crippen LogP) is 3.67. The summed E-state index contributed by atoms with van der Waals surface area (Å²) in [5.74, 6) is 1.94. The quantitative estimate of drug-likeness (QED) is 0.587. The molecule has 1 heterocycles. The Morgan fingerprint density at radius 2 is 2.00 bits per heavy atom. The van der Waals surface area contributed by atoms with Crippen LogP contribution in [0.5, 0.6) is 11.5 Å². The Bertz CT molecular complexity index is 754. The number of aryl methyl sites for hydroxylation is 1. The van der Waals surface area contributed by atoms with Gasteiger partial charge in [-0.3, -0.25) is 5.10 Å². The number of H-pyrrole nitrogens is 1. The average molecular weight is 436 g/mol. The van der Waals surface area contributed by atoms with Crippen LogP contribution in [0.15, 0.2) is 20.1 Å². The van der Waals surface area contributed by atoms with Crippen molar-refractivity contribution in [1.29, 1.82) is 0 Å². The lowest BCUT2D eigenvalue weighted by Gasteiger charge is -2.12. The fourth-order valence-electron chi connectivity index (χ4n) is 1.72. The highest BCUT2D eigenvalue weighted by Crippen LogP contribution is 2.42. The van der Waals surface area contributed by atoms with E-state index in [0.29, 0.717) is 26.6 Å². The normalized spacial score (nSPS) is 11.1. The molecule has 0 unspecified atom stereocenters. The van der Waals surface area contributed by atoms with Crippen LogP contribution in [0.1, 0.15) is 11.4 Å². The summed E-state index contributed by atoms with van der Waals surface area (Å²) in [6, 6.07) is 1.85. The van der Waals surface area contributed by atoms with Crippen molar-refractivity contribution in [3.63, 3.8) is 0 Å². The highest BCUT2D eigenvalue weighted by atomic mass is 79.9. The van der Waals surface area contributed by atoms with Crippen molar-refractivity contribution in [3.8, 4) is 11.5 Å². The van der Waals surface area contributed by atoms with Crippen LogP contribution in [0, 0.1) is 11.7 Å². The minimum absolute atomic E-state index is 0.425. The number of methoxy groups -OCH3 is 2. The van der Waals surface area contributed by atoms with E-state index in [9.17, 15) is 0 Å². The van der Waals surface area contributed by atoms with Crippen molar-refractivity contribution in [3.05, 3.63) is 31.2 Å². The van der Waals surface area contributed by atoms with Gasteiger partial charge in [0.15, 0.2) is 5.75 Å². The molecule has 1 aromatic carbocycles. The minimum atomic E-state index is 0.425. The Balaban J connectivity index is 2.52. The van der Waals surface area contributed by atoms with Crippen molar-refractivity contribution in [2.75, 3.05) is 14.2 Å². The van der Waals surface area contributed by atoms with Gasteiger partial charge in [-0.05, 0) is 57.1 Å². The van der Waals surface area contributed by atoms with Crippen molar-refractivity contribution in [2.45, 2.75) is 6.92 Å². The highest BCUT2D eigenvalue weighted by Gasteiger charge is 2.15. The second-order valence-corrected chi connectivity index (χ2v) is 5.99. The minimum Gasteiger partial charge on any atom is -0.495 e. The first kappa shape index (κ1) is 16.2. The molecule has 0 amide bonds. The summed E-state index contributed by atoms with van der Waals surface area (Å²) in [6.07, 6.45) is 1.64. The Morgan fingerprint density at radius 3 is 2.52 bits per heavy atom. The summed E-state index contributed by atoms with van der Waals surface area (Å²) in [6.45, 7) is 1.81. The maximum absolute atomic E-state index is 5.41. The summed E-state index contributed by atoms with van der Waals surface area (Å²) in [5.41, 5.74) is 0.763.